The van der Waals surface area contributed by atoms with E-state index in [1.807, 2.05) is 0 Å². The third-order valence-electron chi connectivity index (χ3n) is 6.40. The molecule has 35 heavy (non-hydrogen) atoms. The Morgan fingerprint density at radius 2 is 1.63 bits per heavy atom. The minimum absolute atomic E-state index is 0.0141. The number of ether oxygens (including phenoxy) is 1. The number of hydrogen-bond donors (Lipinski definition) is 6. The first-order chi connectivity index (χ1) is 16.9. The second-order valence-electron chi connectivity index (χ2n) is 9.09. The smallest absolute Gasteiger partial charge is 0.301 e. The molecule has 1 saturated heterocycles. The van der Waals surface area contributed by atoms with E-state index in [4.69, 9.17) is 10.5 Å². The molecule has 1 fully saturated rings. The molecule has 0 spiro atoms. The molecule has 3 rings (SSSR count). The van der Waals surface area contributed by atoms with Gasteiger partial charge in [0.15, 0.2) is 11.7 Å². The number of nitrogens with two attached hydrogens (primary N) is 1. The molecule has 3 heterocycles. The molecule has 0 aromatic carbocycles. The molecule has 0 amide bonds. The Bertz CT molecular complexity index is 1070. The van der Waals surface area contributed by atoms with E-state index in [0.717, 1.165) is 23.8 Å². The summed E-state index contributed by atoms with van der Waals surface area (Å²) in [6.07, 6.45) is 6.70. The van der Waals surface area contributed by atoms with Gasteiger partial charge in [-0.15, -0.1) is 0 Å². The number of anilines is 2. The summed E-state index contributed by atoms with van der Waals surface area (Å²) in [6.45, 7) is 2.21. The number of aliphatic hydroxyl groups is 3. The lowest BCUT2D eigenvalue weighted by molar-refractivity contribution is -0.0499. The third-order valence-corrected chi connectivity index (χ3v) is 6.40. The number of nitrogens with zero attached hydrogens (tertiary/aromatic N) is 3. The average Bonchev–Trinajstić information content (AvgIpc) is 3.29. The minimum atomic E-state index is -1.49. The number of H-pyrrole nitrogens is 1. The van der Waals surface area contributed by atoms with Crippen LogP contribution in [0.3, 0.4) is 0 Å². The van der Waals surface area contributed by atoms with Gasteiger partial charge in [-0.3, -0.25) is 19.1 Å². The molecule has 0 aliphatic carbocycles. The van der Waals surface area contributed by atoms with Crippen molar-refractivity contribution in [3.8, 4) is 0 Å². The Kier molecular flexibility index (Phi) is 10.0. The van der Waals surface area contributed by atoms with Gasteiger partial charge in [0.1, 0.15) is 23.8 Å². The number of unbranched alkanes of at least 4 members (excludes halogenated alkanes) is 9. The van der Waals surface area contributed by atoms with Crippen LogP contribution in [0.1, 0.15) is 77.4 Å². The first kappa shape index (κ1) is 27.1. The molecule has 0 bridgehead atoms. The van der Waals surface area contributed by atoms with E-state index in [-0.39, 0.29) is 22.9 Å². The summed E-state index contributed by atoms with van der Waals surface area (Å²) in [6, 6.07) is 0. The average molecular weight is 495 g/mol. The zero-order valence-corrected chi connectivity index (χ0v) is 20.3. The second kappa shape index (κ2) is 13.0. The van der Waals surface area contributed by atoms with E-state index in [2.05, 4.69) is 27.2 Å². The van der Waals surface area contributed by atoms with Gasteiger partial charge in [-0.25, -0.2) is 4.98 Å². The van der Waals surface area contributed by atoms with Crippen molar-refractivity contribution in [2.75, 3.05) is 24.2 Å². The van der Waals surface area contributed by atoms with Gasteiger partial charge in [-0.2, -0.15) is 4.98 Å². The van der Waals surface area contributed by atoms with Gasteiger partial charge in [0.2, 0.25) is 11.9 Å². The van der Waals surface area contributed by atoms with Crippen molar-refractivity contribution in [3.63, 3.8) is 0 Å². The van der Waals surface area contributed by atoms with Crippen LogP contribution in [0.25, 0.3) is 11.0 Å². The molecule has 7 N–H and O–H groups in total. The molecule has 1 aliphatic heterocycles. The highest BCUT2D eigenvalue weighted by Gasteiger charge is 2.44. The first-order valence-electron chi connectivity index (χ1n) is 12.6. The molecule has 4 atom stereocenters. The van der Waals surface area contributed by atoms with Gasteiger partial charge in [0.05, 0.1) is 6.61 Å². The Morgan fingerprint density at radius 1 is 1.00 bits per heavy atom. The summed E-state index contributed by atoms with van der Waals surface area (Å²) in [5.41, 5.74) is 3.90. The largest absolute Gasteiger partial charge is 0.394 e. The molecule has 0 saturated carbocycles. The van der Waals surface area contributed by atoms with Crippen LogP contribution >= 0.6 is 0 Å². The highest BCUT2D eigenvalue weighted by molar-refractivity contribution is 5.76. The summed E-state index contributed by atoms with van der Waals surface area (Å²) in [5.74, 6) is -0.245. The van der Waals surface area contributed by atoms with Gasteiger partial charge < -0.3 is 31.1 Å². The monoisotopic (exact) mass is 494 g/mol. The van der Waals surface area contributed by atoms with Gasteiger partial charge >= 0.3 is 5.56 Å². The molecule has 196 valence electrons. The van der Waals surface area contributed by atoms with Crippen LogP contribution in [0.2, 0.25) is 0 Å². The van der Waals surface area contributed by atoms with Gasteiger partial charge in [0, 0.05) is 6.54 Å². The van der Waals surface area contributed by atoms with Gasteiger partial charge in [-0.1, -0.05) is 64.7 Å². The van der Waals surface area contributed by atoms with Crippen LogP contribution < -0.4 is 22.2 Å². The molecular formula is C23H38N6O6. The lowest BCUT2D eigenvalue weighted by Crippen LogP contribution is -2.33. The van der Waals surface area contributed by atoms with E-state index in [0.29, 0.717) is 6.54 Å². The molecule has 1 aliphatic rings. The molecular weight excluding hydrogens is 456 g/mol. The quantitative estimate of drug-likeness (QED) is 0.207. The summed E-state index contributed by atoms with van der Waals surface area (Å²) in [7, 11) is 0. The molecule has 12 heteroatoms. The summed E-state index contributed by atoms with van der Waals surface area (Å²) < 4.78 is 6.52. The zero-order chi connectivity index (χ0) is 25.4. The number of hydrogen-bond acceptors (Lipinski definition) is 10. The van der Waals surface area contributed by atoms with E-state index < -0.39 is 42.3 Å². The molecule has 0 radical (unpaired) electrons. The van der Waals surface area contributed by atoms with E-state index >= 15 is 0 Å². The summed E-state index contributed by atoms with van der Waals surface area (Å²) >= 11 is 0. The van der Waals surface area contributed by atoms with E-state index in [9.17, 15) is 24.9 Å². The Hall–Kier alpha value is -2.54. The highest BCUT2D eigenvalue weighted by Crippen LogP contribution is 2.32. The van der Waals surface area contributed by atoms with Crippen molar-refractivity contribution in [2.45, 2.75) is 95.7 Å². The molecule has 2 aromatic heterocycles. The Morgan fingerprint density at radius 3 is 2.23 bits per heavy atom. The zero-order valence-electron chi connectivity index (χ0n) is 20.3. The van der Waals surface area contributed by atoms with Crippen molar-refractivity contribution in [1.82, 2.24) is 19.5 Å². The number of rotatable bonds is 14. The molecule has 0 unspecified atom stereocenters. The van der Waals surface area contributed by atoms with Crippen molar-refractivity contribution in [3.05, 3.63) is 20.7 Å². The number of nitrogens with one attached hydrogen (secondary N) is 2. The fourth-order valence-electron chi connectivity index (χ4n) is 4.42. The standard InChI is InChI=1S/C23H38N6O6/c1-2-3-4-5-6-7-8-9-10-11-12-25-23-27-19(33)15-16(20(34)28-23)29(22(24)26-15)21-18(32)17(31)14(13-30)35-21/h14,17-18,21,30-32H,2-13H2,1H3,(H2,24,26)(H2,25,27,28,33,34)/t14-,17-,18-,21-/m1/s1. The van der Waals surface area contributed by atoms with Crippen molar-refractivity contribution < 1.29 is 20.1 Å². The predicted molar refractivity (Wildman–Crippen MR) is 132 cm³/mol. The van der Waals surface area contributed by atoms with Gasteiger partial charge in [0.25, 0.3) is 5.56 Å². The number of aromatic amines is 1. The first-order valence-corrected chi connectivity index (χ1v) is 12.6. The maximum Gasteiger partial charge on any atom is 0.301 e. The maximum absolute atomic E-state index is 12.9. The van der Waals surface area contributed by atoms with E-state index in [1.165, 1.54) is 44.9 Å². The Labute approximate surface area is 203 Å². The van der Waals surface area contributed by atoms with Crippen molar-refractivity contribution in [1.29, 1.82) is 0 Å². The molecule has 12 nitrogen and oxygen atoms in total. The SMILES string of the molecule is CCCCCCCCCCCCNc1nc(=O)c2nc(N)n([C@@H]3O[C@H](CO)[C@@H](O)[C@H]3O)c2c(=O)[nH]1. The number of aliphatic hydroxyl groups excluding tert-OH is 3. The van der Waals surface area contributed by atoms with Crippen molar-refractivity contribution in [2.24, 2.45) is 0 Å². The van der Waals surface area contributed by atoms with Crippen LogP contribution in [0, 0.1) is 0 Å². The van der Waals surface area contributed by atoms with Gasteiger partial charge in [-0.05, 0) is 6.42 Å². The lowest BCUT2D eigenvalue weighted by atomic mass is 10.1. The van der Waals surface area contributed by atoms with Crippen LogP contribution in [0.4, 0.5) is 11.9 Å². The fourth-order valence-corrected chi connectivity index (χ4v) is 4.42. The number of fused-ring (bicyclic) bond motifs is 1. The summed E-state index contributed by atoms with van der Waals surface area (Å²) in [5, 5.41) is 32.7. The number of nitrogen functional groups attached to an aromatic ring is 1. The normalized spacial score (nSPS) is 22.2. The predicted octanol–water partition coefficient (Wildman–Crippen LogP) is 1.01. The fraction of sp³-hybridized carbons (Fsp3) is 0.739. The molecule has 2 aromatic rings. The minimum Gasteiger partial charge on any atom is -0.394 e. The van der Waals surface area contributed by atoms with Crippen LogP contribution in [-0.2, 0) is 4.74 Å². The van der Waals surface area contributed by atoms with Crippen molar-refractivity contribution >= 4 is 22.9 Å². The van der Waals surface area contributed by atoms with Crippen LogP contribution in [0.15, 0.2) is 9.59 Å². The Balaban J connectivity index is 1.62. The lowest BCUT2D eigenvalue weighted by Gasteiger charge is -2.17. The number of imidazole rings is 1. The topological polar surface area (TPSA) is 189 Å². The highest BCUT2D eigenvalue weighted by atomic mass is 16.6. The van der Waals surface area contributed by atoms with E-state index in [1.54, 1.807) is 0 Å². The maximum atomic E-state index is 12.9. The second-order valence-corrected chi connectivity index (χ2v) is 9.09. The van der Waals surface area contributed by atoms with Crippen LogP contribution in [-0.4, -0.2) is 66.3 Å². The summed E-state index contributed by atoms with van der Waals surface area (Å²) in [4.78, 5) is 36.0. The number of aromatic nitrogens is 4. The van der Waals surface area contributed by atoms with Crippen LogP contribution in [0.5, 0.6) is 0 Å². The third kappa shape index (κ3) is 6.57.